The van der Waals surface area contributed by atoms with Gasteiger partial charge in [-0.3, -0.25) is 4.72 Å². The fraction of sp³-hybridized carbons (Fsp3) is 0.143. The maximum atomic E-state index is 12.4. The van der Waals surface area contributed by atoms with Crippen LogP contribution in [0, 0.1) is 6.92 Å². The summed E-state index contributed by atoms with van der Waals surface area (Å²) in [6, 6.07) is 9.63. The molecule has 0 aliphatic heterocycles. The van der Waals surface area contributed by atoms with Crippen LogP contribution in [-0.2, 0) is 10.0 Å². The highest BCUT2D eigenvalue weighted by Crippen LogP contribution is 2.29. The lowest BCUT2D eigenvalue weighted by Crippen LogP contribution is -2.14. The number of nitrogens with two attached hydrogens (primary N) is 1. The van der Waals surface area contributed by atoms with Crippen LogP contribution in [0.15, 0.2) is 45.8 Å². The van der Waals surface area contributed by atoms with E-state index in [4.69, 9.17) is 10.5 Å². The molecule has 0 aliphatic rings. The van der Waals surface area contributed by atoms with Gasteiger partial charge in [-0.1, -0.05) is 22.0 Å². The summed E-state index contributed by atoms with van der Waals surface area (Å²) in [6.45, 7) is 1.92. The normalized spacial score (nSPS) is 11.2. The van der Waals surface area contributed by atoms with Crippen molar-refractivity contribution in [2.45, 2.75) is 11.8 Å². The minimum atomic E-state index is -3.75. The Labute approximate surface area is 132 Å². The Morgan fingerprint density at radius 1 is 1.19 bits per heavy atom. The van der Waals surface area contributed by atoms with Gasteiger partial charge >= 0.3 is 0 Å². The van der Waals surface area contributed by atoms with Crippen molar-refractivity contribution in [1.29, 1.82) is 0 Å². The van der Waals surface area contributed by atoms with Gasteiger partial charge in [0.05, 0.1) is 7.11 Å². The van der Waals surface area contributed by atoms with Crippen LogP contribution in [0.2, 0.25) is 0 Å². The molecule has 0 heterocycles. The van der Waals surface area contributed by atoms with E-state index in [2.05, 4.69) is 20.7 Å². The number of aryl methyl sites for hydroxylation is 1. The van der Waals surface area contributed by atoms with Crippen molar-refractivity contribution in [2.75, 3.05) is 17.6 Å². The summed E-state index contributed by atoms with van der Waals surface area (Å²) in [7, 11) is -2.35. The fourth-order valence-electron chi connectivity index (χ4n) is 1.77. The standard InChI is InChI=1S/C14H15BrN2O3S/c1-9-3-5-11(8-12(9)15)17-21(18,19)14-6-4-10(16)7-13(14)20-2/h3-8,17H,16H2,1-2H3. The van der Waals surface area contributed by atoms with E-state index in [1.54, 1.807) is 12.1 Å². The molecule has 0 unspecified atom stereocenters. The molecule has 0 spiro atoms. The second-order valence-corrected chi connectivity index (χ2v) is 6.98. The molecule has 2 aromatic rings. The van der Waals surface area contributed by atoms with E-state index in [1.807, 2.05) is 13.0 Å². The SMILES string of the molecule is COc1cc(N)ccc1S(=O)(=O)Nc1ccc(C)c(Br)c1. The Morgan fingerprint density at radius 3 is 2.52 bits per heavy atom. The zero-order chi connectivity index (χ0) is 15.6. The molecule has 0 saturated heterocycles. The Kier molecular flexibility index (Phi) is 4.43. The van der Waals surface area contributed by atoms with Gasteiger partial charge in [-0.2, -0.15) is 0 Å². The highest BCUT2D eigenvalue weighted by molar-refractivity contribution is 9.10. The smallest absolute Gasteiger partial charge is 0.265 e. The first-order valence-corrected chi connectivity index (χ1v) is 8.33. The number of benzene rings is 2. The van der Waals surface area contributed by atoms with Crippen LogP contribution in [0.25, 0.3) is 0 Å². The largest absolute Gasteiger partial charge is 0.495 e. The Bertz CT molecular complexity index is 776. The second-order valence-electron chi connectivity index (χ2n) is 4.48. The molecule has 0 saturated carbocycles. The first-order chi connectivity index (χ1) is 9.83. The predicted octanol–water partition coefficient (Wildman–Crippen LogP) is 3.15. The third-order valence-corrected chi connectivity index (χ3v) is 5.18. The predicted molar refractivity (Wildman–Crippen MR) is 87.1 cm³/mol. The molecule has 2 rings (SSSR count). The molecule has 5 nitrogen and oxygen atoms in total. The molecule has 0 atom stereocenters. The van der Waals surface area contributed by atoms with Crippen molar-refractivity contribution >= 4 is 37.3 Å². The Balaban J connectivity index is 2.40. The van der Waals surface area contributed by atoms with Crippen LogP contribution in [0.1, 0.15) is 5.56 Å². The monoisotopic (exact) mass is 370 g/mol. The summed E-state index contributed by atoms with van der Waals surface area (Å²) in [6.07, 6.45) is 0. The van der Waals surface area contributed by atoms with Crippen molar-refractivity contribution in [3.63, 3.8) is 0 Å². The molecule has 0 aliphatic carbocycles. The average Bonchev–Trinajstić information content (AvgIpc) is 2.42. The number of nitrogen functional groups attached to an aromatic ring is 1. The minimum Gasteiger partial charge on any atom is -0.495 e. The van der Waals surface area contributed by atoms with Crippen molar-refractivity contribution in [1.82, 2.24) is 0 Å². The Hall–Kier alpha value is -1.73. The van der Waals surface area contributed by atoms with Gasteiger partial charge < -0.3 is 10.5 Å². The highest BCUT2D eigenvalue weighted by atomic mass is 79.9. The maximum absolute atomic E-state index is 12.4. The molecule has 2 aromatic carbocycles. The summed E-state index contributed by atoms with van der Waals surface area (Å²) in [5.41, 5.74) is 7.55. The number of methoxy groups -OCH3 is 1. The van der Waals surface area contributed by atoms with Crippen molar-refractivity contribution < 1.29 is 13.2 Å². The molecule has 0 amide bonds. The minimum absolute atomic E-state index is 0.0379. The molecule has 21 heavy (non-hydrogen) atoms. The van der Waals surface area contributed by atoms with Crippen molar-refractivity contribution in [3.8, 4) is 5.75 Å². The van der Waals surface area contributed by atoms with E-state index < -0.39 is 10.0 Å². The quantitative estimate of drug-likeness (QED) is 0.809. The van der Waals surface area contributed by atoms with Crippen LogP contribution in [0.5, 0.6) is 5.75 Å². The first-order valence-electron chi connectivity index (χ1n) is 6.06. The second kappa shape index (κ2) is 5.95. The van der Waals surface area contributed by atoms with Crippen LogP contribution < -0.4 is 15.2 Å². The zero-order valence-electron chi connectivity index (χ0n) is 11.6. The lowest BCUT2D eigenvalue weighted by molar-refractivity contribution is 0.403. The molecule has 3 N–H and O–H groups in total. The summed E-state index contributed by atoms with van der Waals surface area (Å²) in [5.74, 6) is 0.202. The number of sulfonamides is 1. The van der Waals surface area contributed by atoms with Crippen LogP contribution in [0.4, 0.5) is 11.4 Å². The summed E-state index contributed by atoms with van der Waals surface area (Å²) >= 11 is 3.37. The first kappa shape index (κ1) is 15.7. The number of anilines is 2. The van der Waals surface area contributed by atoms with E-state index in [-0.39, 0.29) is 10.6 Å². The number of hydrogen-bond donors (Lipinski definition) is 2. The highest BCUT2D eigenvalue weighted by Gasteiger charge is 2.20. The average molecular weight is 371 g/mol. The van der Waals surface area contributed by atoms with Gasteiger partial charge in [-0.15, -0.1) is 0 Å². The molecule has 112 valence electrons. The maximum Gasteiger partial charge on any atom is 0.265 e. The molecule has 0 fully saturated rings. The molecular weight excluding hydrogens is 356 g/mol. The van der Waals surface area contributed by atoms with E-state index in [0.29, 0.717) is 11.4 Å². The lowest BCUT2D eigenvalue weighted by Gasteiger charge is -2.12. The van der Waals surface area contributed by atoms with Gasteiger partial charge in [-0.25, -0.2) is 8.42 Å². The fourth-order valence-corrected chi connectivity index (χ4v) is 3.35. The molecule has 0 aromatic heterocycles. The van der Waals surface area contributed by atoms with Gasteiger partial charge in [0.15, 0.2) is 0 Å². The van der Waals surface area contributed by atoms with Gasteiger partial charge in [0.1, 0.15) is 10.6 Å². The summed E-state index contributed by atoms with van der Waals surface area (Å²) < 4.78 is 33.3. The van der Waals surface area contributed by atoms with Crippen molar-refractivity contribution in [3.05, 3.63) is 46.4 Å². The Morgan fingerprint density at radius 2 is 1.90 bits per heavy atom. The van der Waals surface area contributed by atoms with E-state index in [9.17, 15) is 8.42 Å². The number of hydrogen-bond acceptors (Lipinski definition) is 4. The van der Waals surface area contributed by atoms with E-state index in [0.717, 1.165) is 10.0 Å². The van der Waals surface area contributed by atoms with Crippen LogP contribution in [0.3, 0.4) is 0 Å². The molecular formula is C14H15BrN2O3S. The third-order valence-electron chi connectivity index (χ3n) is 2.90. The van der Waals surface area contributed by atoms with E-state index >= 15 is 0 Å². The van der Waals surface area contributed by atoms with Gasteiger partial charge in [0, 0.05) is 21.9 Å². The molecule has 0 bridgehead atoms. The van der Waals surface area contributed by atoms with Gasteiger partial charge in [0.2, 0.25) is 0 Å². The van der Waals surface area contributed by atoms with Gasteiger partial charge in [0.25, 0.3) is 10.0 Å². The van der Waals surface area contributed by atoms with E-state index in [1.165, 1.54) is 25.3 Å². The lowest BCUT2D eigenvalue weighted by atomic mass is 10.2. The summed E-state index contributed by atoms with van der Waals surface area (Å²) in [4.78, 5) is 0.0379. The van der Waals surface area contributed by atoms with Gasteiger partial charge in [-0.05, 0) is 36.8 Å². The number of ether oxygens (including phenoxy) is 1. The van der Waals surface area contributed by atoms with Crippen LogP contribution >= 0.6 is 15.9 Å². The molecule has 7 heteroatoms. The van der Waals surface area contributed by atoms with Crippen LogP contribution in [-0.4, -0.2) is 15.5 Å². The van der Waals surface area contributed by atoms with Crippen molar-refractivity contribution in [2.24, 2.45) is 0 Å². The summed E-state index contributed by atoms with van der Waals surface area (Å²) in [5, 5.41) is 0. The number of halogens is 1. The number of rotatable bonds is 4. The number of nitrogens with one attached hydrogen (secondary N) is 1. The third kappa shape index (κ3) is 3.48. The zero-order valence-corrected chi connectivity index (χ0v) is 14.0. The topological polar surface area (TPSA) is 81.4 Å². The molecule has 0 radical (unpaired) electrons.